The fraction of sp³-hybridized carbons (Fsp3) is 0.179. The van der Waals surface area contributed by atoms with E-state index in [1.165, 1.54) is 17.3 Å². The lowest BCUT2D eigenvalue weighted by Gasteiger charge is -2.20. The Morgan fingerprint density at radius 2 is 1.82 bits per heavy atom. The molecular weight excluding hydrogens is 490 g/mol. The van der Waals surface area contributed by atoms with Gasteiger partial charge in [-0.2, -0.15) is 0 Å². The molecule has 2 N–H and O–H groups in total. The van der Waals surface area contributed by atoms with Gasteiger partial charge in [0.05, 0.1) is 11.1 Å². The highest BCUT2D eigenvalue weighted by atomic mass is 19.2. The Balaban J connectivity index is 1.13. The quantitative estimate of drug-likeness (QED) is 0.431. The van der Waals surface area contributed by atoms with Gasteiger partial charge in [0.1, 0.15) is 23.7 Å². The Kier molecular flexibility index (Phi) is 4.81. The molecule has 8 nitrogen and oxygen atoms in total. The monoisotopic (exact) mass is 510 g/mol. The maximum absolute atomic E-state index is 13.8. The number of carbonyl (C=O) groups excluding carboxylic acids is 2. The lowest BCUT2D eigenvalue weighted by molar-refractivity contribution is -0.120. The van der Waals surface area contributed by atoms with Crippen molar-refractivity contribution in [2.24, 2.45) is 0 Å². The van der Waals surface area contributed by atoms with Crippen LogP contribution in [0.15, 0.2) is 61.1 Å². The second-order valence-corrected chi connectivity index (χ2v) is 9.79. The summed E-state index contributed by atoms with van der Waals surface area (Å²) >= 11 is 0. The van der Waals surface area contributed by atoms with Gasteiger partial charge in [-0.1, -0.05) is 12.1 Å². The number of aromatic nitrogens is 3. The van der Waals surface area contributed by atoms with Crippen molar-refractivity contribution < 1.29 is 18.4 Å². The standard InChI is InChI=1S/C28H20F2N6O2/c29-20-9-15-5-7-36(23(15)10-21(20)30)26(37)22-11-24(33-14-32-22)34-18-4-3-16-12-28(13-17(16)8-18)19-2-1-6-31-25(19)35-27(28)38/h1-4,6,8-11,14H,5,7,12-13H2,(H,31,35,38)(H,32,33,34). The number of hydrogen-bond acceptors (Lipinski definition) is 6. The van der Waals surface area contributed by atoms with Crippen LogP contribution in [0.2, 0.25) is 0 Å². The molecule has 1 atom stereocenters. The van der Waals surface area contributed by atoms with Crippen molar-refractivity contribution in [3.05, 3.63) is 101 Å². The van der Waals surface area contributed by atoms with Crippen molar-refractivity contribution in [2.45, 2.75) is 24.7 Å². The van der Waals surface area contributed by atoms with Crippen molar-refractivity contribution in [1.29, 1.82) is 0 Å². The molecule has 1 spiro atoms. The van der Waals surface area contributed by atoms with E-state index in [-0.39, 0.29) is 11.6 Å². The zero-order valence-electron chi connectivity index (χ0n) is 20.0. The number of benzene rings is 2. The summed E-state index contributed by atoms with van der Waals surface area (Å²) in [5, 5.41) is 6.13. The molecule has 4 aromatic rings. The highest BCUT2D eigenvalue weighted by molar-refractivity contribution is 6.07. The molecule has 0 bridgehead atoms. The van der Waals surface area contributed by atoms with Gasteiger partial charge < -0.3 is 15.5 Å². The zero-order chi connectivity index (χ0) is 26.0. The molecule has 0 fully saturated rings. The fourth-order valence-electron chi connectivity index (χ4n) is 5.77. The summed E-state index contributed by atoms with van der Waals surface area (Å²) in [5.74, 6) is -1.36. The predicted molar refractivity (Wildman–Crippen MR) is 135 cm³/mol. The Hall–Kier alpha value is -4.73. The van der Waals surface area contributed by atoms with E-state index in [0.717, 1.165) is 34.5 Å². The van der Waals surface area contributed by atoms with Crippen molar-refractivity contribution in [2.75, 3.05) is 22.1 Å². The number of rotatable bonds is 3. The number of anilines is 4. The fourth-order valence-corrected chi connectivity index (χ4v) is 5.77. The highest BCUT2D eigenvalue weighted by Crippen LogP contribution is 2.47. The maximum Gasteiger partial charge on any atom is 0.277 e. The van der Waals surface area contributed by atoms with Crippen LogP contribution in [0.25, 0.3) is 0 Å². The number of nitrogens with zero attached hydrogens (tertiary/aromatic N) is 4. The molecule has 10 heteroatoms. The SMILES string of the molecule is O=C(c1cc(Nc2ccc3c(c2)CC2(C3)C(=O)Nc3ncccc32)ncn1)N1CCc2cc(F)c(F)cc21. The van der Waals surface area contributed by atoms with E-state index in [2.05, 4.69) is 25.6 Å². The first-order valence-electron chi connectivity index (χ1n) is 12.2. The number of nitrogens with one attached hydrogen (secondary N) is 2. The summed E-state index contributed by atoms with van der Waals surface area (Å²) < 4.78 is 27.4. The first-order valence-corrected chi connectivity index (χ1v) is 12.2. The molecule has 2 amide bonds. The molecule has 0 radical (unpaired) electrons. The molecule has 1 aliphatic carbocycles. The second kappa shape index (κ2) is 8.14. The average Bonchev–Trinajstić information content (AvgIpc) is 3.58. The van der Waals surface area contributed by atoms with E-state index < -0.39 is 23.0 Å². The minimum absolute atomic E-state index is 0.0398. The van der Waals surface area contributed by atoms with E-state index in [1.807, 2.05) is 30.3 Å². The third-order valence-electron chi connectivity index (χ3n) is 7.60. The number of carbonyl (C=O) groups is 2. The van der Waals surface area contributed by atoms with Crippen LogP contribution in [0.5, 0.6) is 0 Å². The lowest BCUT2D eigenvalue weighted by Crippen LogP contribution is -2.35. The summed E-state index contributed by atoms with van der Waals surface area (Å²) in [6.07, 6.45) is 4.54. The summed E-state index contributed by atoms with van der Waals surface area (Å²) in [4.78, 5) is 40.2. The number of fused-ring (bicyclic) bond motifs is 4. The highest BCUT2D eigenvalue weighted by Gasteiger charge is 2.51. The molecule has 7 rings (SSSR count). The zero-order valence-corrected chi connectivity index (χ0v) is 20.0. The Bertz CT molecular complexity index is 1680. The topological polar surface area (TPSA) is 100 Å². The van der Waals surface area contributed by atoms with Crippen LogP contribution in [0.1, 0.15) is 32.7 Å². The Labute approximate surface area is 215 Å². The van der Waals surface area contributed by atoms with Crippen LogP contribution < -0.4 is 15.5 Å². The van der Waals surface area contributed by atoms with E-state index in [9.17, 15) is 18.4 Å². The molecule has 2 aromatic carbocycles. The Morgan fingerprint density at radius 3 is 2.71 bits per heavy atom. The van der Waals surface area contributed by atoms with Crippen LogP contribution in [0.4, 0.5) is 31.8 Å². The van der Waals surface area contributed by atoms with Gasteiger partial charge >= 0.3 is 0 Å². The van der Waals surface area contributed by atoms with Gasteiger partial charge in [0.25, 0.3) is 5.91 Å². The summed E-state index contributed by atoms with van der Waals surface area (Å²) in [6.45, 7) is 0.308. The third kappa shape index (κ3) is 3.37. The molecule has 1 unspecified atom stereocenters. The van der Waals surface area contributed by atoms with Crippen LogP contribution >= 0.6 is 0 Å². The van der Waals surface area contributed by atoms with E-state index in [4.69, 9.17) is 0 Å². The molecule has 0 saturated carbocycles. The largest absolute Gasteiger partial charge is 0.340 e. The molecule has 2 aromatic heterocycles. The van der Waals surface area contributed by atoms with Crippen LogP contribution in [-0.4, -0.2) is 33.3 Å². The van der Waals surface area contributed by atoms with E-state index >= 15 is 0 Å². The molecule has 38 heavy (non-hydrogen) atoms. The number of amides is 2. The predicted octanol–water partition coefficient (Wildman–Crippen LogP) is 4.09. The molecule has 4 heterocycles. The Morgan fingerprint density at radius 1 is 0.974 bits per heavy atom. The van der Waals surface area contributed by atoms with Gasteiger partial charge in [0.15, 0.2) is 11.6 Å². The smallest absolute Gasteiger partial charge is 0.277 e. The van der Waals surface area contributed by atoms with Crippen LogP contribution in [0.3, 0.4) is 0 Å². The maximum atomic E-state index is 13.8. The van der Waals surface area contributed by atoms with Crippen molar-refractivity contribution in [1.82, 2.24) is 15.0 Å². The first kappa shape index (κ1) is 22.5. The summed E-state index contributed by atoms with van der Waals surface area (Å²) in [7, 11) is 0. The molecular formula is C28H20F2N6O2. The van der Waals surface area contributed by atoms with Gasteiger partial charge in [0.2, 0.25) is 5.91 Å². The lowest BCUT2D eigenvalue weighted by atomic mass is 9.79. The van der Waals surface area contributed by atoms with Crippen molar-refractivity contribution >= 4 is 34.8 Å². The summed E-state index contributed by atoms with van der Waals surface area (Å²) in [5.41, 5.74) is 4.22. The van der Waals surface area contributed by atoms with Gasteiger partial charge in [0, 0.05) is 36.1 Å². The van der Waals surface area contributed by atoms with E-state index in [1.54, 1.807) is 6.20 Å². The van der Waals surface area contributed by atoms with E-state index in [0.29, 0.717) is 48.7 Å². The molecule has 3 aliphatic rings. The van der Waals surface area contributed by atoms with Crippen molar-refractivity contribution in [3.63, 3.8) is 0 Å². The number of halogens is 2. The normalized spacial score (nSPS) is 18.8. The van der Waals surface area contributed by atoms with Gasteiger partial charge in [-0.15, -0.1) is 0 Å². The van der Waals surface area contributed by atoms with Crippen LogP contribution in [0, 0.1) is 11.6 Å². The summed E-state index contributed by atoms with van der Waals surface area (Å²) in [6, 6.07) is 13.4. The molecule has 0 saturated heterocycles. The minimum atomic E-state index is -0.998. The number of hydrogen-bond donors (Lipinski definition) is 2. The van der Waals surface area contributed by atoms with Gasteiger partial charge in [-0.05, 0) is 60.2 Å². The molecule has 188 valence electrons. The van der Waals surface area contributed by atoms with Gasteiger partial charge in [-0.3, -0.25) is 9.59 Å². The molecule has 2 aliphatic heterocycles. The van der Waals surface area contributed by atoms with Crippen molar-refractivity contribution in [3.8, 4) is 0 Å². The average molecular weight is 511 g/mol. The second-order valence-electron chi connectivity index (χ2n) is 9.79. The minimum Gasteiger partial charge on any atom is -0.340 e. The van der Waals surface area contributed by atoms with Crippen LogP contribution in [-0.2, 0) is 29.5 Å². The first-order chi connectivity index (χ1) is 18.4. The van der Waals surface area contributed by atoms with Gasteiger partial charge in [-0.25, -0.2) is 23.7 Å². The third-order valence-corrected chi connectivity index (χ3v) is 7.60. The number of pyridine rings is 1.